The number of thioether (sulfide) groups is 1. The van der Waals surface area contributed by atoms with Crippen molar-refractivity contribution in [3.63, 3.8) is 0 Å². The molecule has 6 nitrogen and oxygen atoms in total. The third-order valence-corrected chi connectivity index (χ3v) is 5.80. The Morgan fingerprint density at radius 1 is 1.25 bits per heavy atom. The van der Waals surface area contributed by atoms with E-state index >= 15 is 0 Å². The van der Waals surface area contributed by atoms with Gasteiger partial charge in [-0.05, 0) is 42.8 Å². The molecule has 1 amide bonds. The number of carbonyl (C=O) groups is 2. The summed E-state index contributed by atoms with van der Waals surface area (Å²) >= 11 is 7.58. The minimum Gasteiger partial charge on any atom is -0.457 e. The van der Waals surface area contributed by atoms with Gasteiger partial charge in [0.05, 0.1) is 17.0 Å². The fraction of sp³-hybridized carbons (Fsp3) is 0.150. The summed E-state index contributed by atoms with van der Waals surface area (Å²) in [4.78, 5) is 36.7. The highest BCUT2D eigenvalue weighted by Gasteiger charge is 2.18. The van der Waals surface area contributed by atoms with Crippen LogP contribution in [0, 0.1) is 6.92 Å². The third-order valence-electron chi connectivity index (χ3n) is 4.32. The van der Waals surface area contributed by atoms with E-state index < -0.39 is 11.6 Å². The quantitative estimate of drug-likeness (QED) is 0.510. The first kappa shape index (κ1) is 18.6. The second-order valence-corrected chi connectivity index (χ2v) is 7.74. The van der Waals surface area contributed by atoms with Crippen LogP contribution in [-0.2, 0) is 16.1 Å². The van der Waals surface area contributed by atoms with Crippen molar-refractivity contribution in [3.8, 4) is 0 Å². The van der Waals surface area contributed by atoms with Gasteiger partial charge in [-0.15, -0.1) is 11.8 Å². The highest BCUT2D eigenvalue weighted by atomic mass is 35.5. The number of hydrogen-bond acceptors (Lipinski definition) is 6. The standard InChI is InChI=1S/C20H14ClNO5S/c1-10-4-16-13(7-14(10)21)12(6-19(24)27-16)8-26-20(25)11-2-3-17-15(5-11)22-18(23)9-28-17/h2-7H,8-9H2,1H3,(H,22,23). The first-order valence-corrected chi connectivity index (χ1v) is 9.74. The Morgan fingerprint density at radius 2 is 2.07 bits per heavy atom. The number of halogens is 1. The number of ether oxygens (including phenoxy) is 1. The van der Waals surface area contributed by atoms with Crippen LogP contribution in [0.15, 0.2) is 50.5 Å². The Labute approximate surface area is 168 Å². The summed E-state index contributed by atoms with van der Waals surface area (Å²) in [6.07, 6.45) is 0. The number of amides is 1. The molecule has 0 fully saturated rings. The Kier molecular flexibility index (Phi) is 4.87. The fourth-order valence-electron chi connectivity index (χ4n) is 2.90. The largest absolute Gasteiger partial charge is 0.457 e. The maximum atomic E-state index is 12.5. The van der Waals surface area contributed by atoms with Gasteiger partial charge in [-0.25, -0.2) is 9.59 Å². The molecule has 8 heteroatoms. The summed E-state index contributed by atoms with van der Waals surface area (Å²) in [7, 11) is 0. The number of anilines is 1. The maximum Gasteiger partial charge on any atom is 0.338 e. The average Bonchev–Trinajstić information content (AvgIpc) is 2.66. The Hall–Kier alpha value is -2.77. The van der Waals surface area contributed by atoms with Crippen molar-refractivity contribution in [2.75, 3.05) is 11.1 Å². The van der Waals surface area contributed by atoms with Gasteiger partial charge in [-0.3, -0.25) is 4.79 Å². The summed E-state index contributed by atoms with van der Waals surface area (Å²) in [6, 6.07) is 9.64. The van der Waals surface area contributed by atoms with Crippen molar-refractivity contribution in [2.45, 2.75) is 18.4 Å². The molecule has 0 aliphatic carbocycles. The van der Waals surface area contributed by atoms with E-state index in [0.717, 1.165) is 10.5 Å². The van der Waals surface area contributed by atoms with E-state index in [-0.39, 0.29) is 12.5 Å². The molecule has 4 rings (SSSR count). The van der Waals surface area contributed by atoms with Gasteiger partial charge in [0, 0.05) is 26.9 Å². The van der Waals surface area contributed by atoms with Crippen LogP contribution >= 0.6 is 23.4 Å². The zero-order chi connectivity index (χ0) is 19.8. The summed E-state index contributed by atoms with van der Waals surface area (Å²) < 4.78 is 10.6. The van der Waals surface area contributed by atoms with Crippen LogP contribution in [0.1, 0.15) is 21.5 Å². The van der Waals surface area contributed by atoms with Crippen LogP contribution in [0.5, 0.6) is 0 Å². The van der Waals surface area contributed by atoms with Crippen molar-refractivity contribution in [1.29, 1.82) is 0 Å². The normalized spacial score (nSPS) is 13.1. The summed E-state index contributed by atoms with van der Waals surface area (Å²) in [6.45, 7) is 1.69. The lowest BCUT2D eigenvalue weighted by molar-refractivity contribution is -0.113. The van der Waals surface area contributed by atoms with E-state index in [9.17, 15) is 14.4 Å². The number of aryl methyl sites for hydroxylation is 1. The number of nitrogens with one attached hydrogen (secondary N) is 1. The van der Waals surface area contributed by atoms with Gasteiger partial charge in [-0.1, -0.05) is 11.6 Å². The van der Waals surface area contributed by atoms with Gasteiger partial charge in [0.2, 0.25) is 5.91 Å². The molecule has 1 N–H and O–H groups in total. The van der Waals surface area contributed by atoms with Crippen molar-refractivity contribution < 1.29 is 18.7 Å². The number of fused-ring (bicyclic) bond motifs is 2. The van der Waals surface area contributed by atoms with E-state index in [4.69, 9.17) is 20.8 Å². The van der Waals surface area contributed by atoms with Gasteiger partial charge in [-0.2, -0.15) is 0 Å². The highest BCUT2D eigenvalue weighted by molar-refractivity contribution is 8.00. The van der Waals surface area contributed by atoms with Crippen LogP contribution in [0.3, 0.4) is 0 Å². The molecule has 28 heavy (non-hydrogen) atoms. The minimum atomic E-state index is -0.563. The average molecular weight is 416 g/mol. The van der Waals surface area contributed by atoms with Gasteiger partial charge in [0.25, 0.3) is 0 Å². The summed E-state index contributed by atoms with van der Waals surface area (Å²) in [5.41, 5.74) is 2.03. The lowest BCUT2D eigenvalue weighted by Crippen LogP contribution is -2.19. The summed E-state index contributed by atoms with van der Waals surface area (Å²) in [5, 5.41) is 3.87. The zero-order valence-corrected chi connectivity index (χ0v) is 16.3. The number of rotatable bonds is 3. The molecule has 3 aromatic rings. The molecule has 0 bridgehead atoms. The van der Waals surface area contributed by atoms with E-state index in [2.05, 4.69) is 5.32 Å². The first-order chi connectivity index (χ1) is 13.4. The Bertz CT molecular complexity index is 1190. The van der Waals surface area contributed by atoms with Crippen molar-refractivity contribution in [2.24, 2.45) is 0 Å². The number of hydrogen-bond donors (Lipinski definition) is 1. The molecule has 0 radical (unpaired) electrons. The topological polar surface area (TPSA) is 85.6 Å². The molecule has 1 aliphatic rings. The van der Waals surface area contributed by atoms with E-state index in [1.807, 2.05) is 6.92 Å². The Morgan fingerprint density at radius 3 is 2.89 bits per heavy atom. The lowest BCUT2D eigenvalue weighted by atomic mass is 10.1. The molecule has 2 heterocycles. The van der Waals surface area contributed by atoms with E-state index in [1.54, 1.807) is 30.3 Å². The molecular weight excluding hydrogens is 402 g/mol. The van der Waals surface area contributed by atoms with Gasteiger partial charge < -0.3 is 14.5 Å². The molecule has 1 aromatic heterocycles. The van der Waals surface area contributed by atoms with Gasteiger partial charge >= 0.3 is 11.6 Å². The second kappa shape index (κ2) is 7.33. The van der Waals surface area contributed by atoms with Crippen LogP contribution in [0.2, 0.25) is 5.02 Å². The van der Waals surface area contributed by atoms with E-state index in [0.29, 0.717) is 38.6 Å². The first-order valence-electron chi connectivity index (χ1n) is 8.37. The molecule has 1 aliphatic heterocycles. The Balaban J connectivity index is 1.59. The van der Waals surface area contributed by atoms with E-state index in [1.165, 1.54) is 17.8 Å². The van der Waals surface area contributed by atoms with Crippen molar-refractivity contribution >= 4 is 51.9 Å². The molecule has 0 saturated carbocycles. The van der Waals surface area contributed by atoms with Gasteiger partial charge in [0.1, 0.15) is 12.2 Å². The van der Waals surface area contributed by atoms with Crippen LogP contribution in [-0.4, -0.2) is 17.6 Å². The zero-order valence-electron chi connectivity index (χ0n) is 14.7. The maximum absolute atomic E-state index is 12.5. The number of esters is 1. The lowest BCUT2D eigenvalue weighted by Gasteiger charge is -2.16. The van der Waals surface area contributed by atoms with Crippen LogP contribution in [0.25, 0.3) is 11.0 Å². The number of benzene rings is 2. The monoisotopic (exact) mass is 415 g/mol. The predicted molar refractivity (Wildman–Crippen MR) is 107 cm³/mol. The molecular formula is C20H14ClNO5S. The molecule has 0 unspecified atom stereocenters. The molecule has 142 valence electrons. The molecule has 0 spiro atoms. The van der Waals surface area contributed by atoms with Crippen LogP contribution < -0.4 is 10.9 Å². The number of carbonyl (C=O) groups excluding carboxylic acids is 2. The van der Waals surface area contributed by atoms with Crippen molar-refractivity contribution in [3.05, 3.63) is 68.5 Å². The van der Waals surface area contributed by atoms with Gasteiger partial charge in [0.15, 0.2) is 0 Å². The SMILES string of the molecule is Cc1cc2oc(=O)cc(COC(=O)c3ccc4c(c3)NC(=O)CS4)c2cc1Cl. The third kappa shape index (κ3) is 3.63. The second-order valence-electron chi connectivity index (χ2n) is 6.31. The smallest absolute Gasteiger partial charge is 0.338 e. The molecule has 2 aromatic carbocycles. The molecule has 0 saturated heterocycles. The van der Waals surface area contributed by atoms with Crippen molar-refractivity contribution in [1.82, 2.24) is 0 Å². The predicted octanol–water partition coefficient (Wildman–Crippen LogP) is 4.16. The van der Waals surface area contributed by atoms with Crippen LogP contribution in [0.4, 0.5) is 5.69 Å². The molecule has 0 atom stereocenters. The summed E-state index contributed by atoms with van der Waals surface area (Å²) in [5.74, 6) is -0.326. The fourth-order valence-corrected chi connectivity index (χ4v) is 3.86. The highest BCUT2D eigenvalue weighted by Crippen LogP contribution is 2.32. The minimum absolute atomic E-state index is 0.113.